The minimum atomic E-state index is -1.16. The number of benzene rings is 2. The molecule has 0 aliphatic heterocycles. The van der Waals surface area contributed by atoms with Crippen LogP contribution in [0.4, 0.5) is 0 Å². The first-order valence-corrected chi connectivity index (χ1v) is 6.97. The second-order valence-electron chi connectivity index (χ2n) is 4.86. The normalized spacial score (nSPS) is 10.3. The first-order chi connectivity index (χ1) is 10.9. The lowest BCUT2D eigenvalue weighted by Gasteiger charge is -2.10. The first-order valence-electron chi connectivity index (χ1n) is 6.97. The number of carboxylic acids is 1. The Balaban J connectivity index is 2.19. The van der Waals surface area contributed by atoms with Crippen molar-refractivity contribution in [3.05, 3.63) is 53.1 Å². The molecule has 0 aromatic heterocycles. The van der Waals surface area contributed by atoms with E-state index in [4.69, 9.17) is 9.84 Å². The first kappa shape index (κ1) is 16.4. The van der Waals surface area contributed by atoms with Gasteiger partial charge in [0.1, 0.15) is 22.8 Å². The second kappa shape index (κ2) is 6.83. The van der Waals surface area contributed by atoms with Gasteiger partial charge in [-0.25, -0.2) is 4.79 Å². The van der Waals surface area contributed by atoms with Gasteiger partial charge in [-0.15, -0.1) is 0 Å². The number of hydrogen-bond donors (Lipinski definition) is 3. The predicted molar refractivity (Wildman–Crippen MR) is 82.4 cm³/mol. The zero-order valence-electron chi connectivity index (χ0n) is 12.4. The van der Waals surface area contributed by atoms with Crippen LogP contribution >= 0.6 is 0 Å². The molecule has 120 valence electrons. The van der Waals surface area contributed by atoms with Crippen LogP contribution in [0.15, 0.2) is 36.4 Å². The van der Waals surface area contributed by atoms with Crippen LogP contribution in [0.25, 0.3) is 0 Å². The second-order valence-corrected chi connectivity index (χ2v) is 4.86. The summed E-state index contributed by atoms with van der Waals surface area (Å²) in [4.78, 5) is 23.3. The zero-order valence-corrected chi connectivity index (χ0v) is 12.4. The topological polar surface area (TPSA) is 104 Å². The Hall–Kier alpha value is -3.02. The van der Waals surface area contributed by atoms with Gasteiger partial charge in [0, 0.05) is 6.07 Å². The minimum Gasteiger partial charge on any atom is -0.508 e. The van der Waals surface area contributed by atoms with Crippen molar-refractivity contribution < 1.29 is 29.6 Å². The maximum absolute atomic E-state index is 12.2. The van der Waals surface area contributed by atoms with Crippen molar-refractivity contribution in [2.45, 2.75) is 13.3 Å². The fraction of sp³-hybridized carbons (Fsp3) is 0.176. The van der Waals surface area contributed by atoms with Gasteiger partial charge < -0.3 is 20.1 Å². The highest BCUT2D eigenvalue weighted by atomic mass is 16.5. The summed E-state index contributed by atoms with van der Waals surface area (Å²) in [5.74, 6) is -2.04. The molecule has 23 heavy (non-hydrogen) atoms. The highest BCUT2D eigenvalue weighted by molar-refractivity contribution is 6.00. The fourth-order valence-corrected chi connectivity index (χ4v) is 2.12. The summed E-state index contributed by atoms with van der Waals surface area (Å²) < 4.78 is 5.27. The molecule has 2 aromatic rings. The van der Waals surface area contributed by atoms with Crippen LogP contribution in [0.3, 0.4) is 0 Å². The van der Waals surface area contributed by atoms with Crippen LogP contribution in [0.5, 0.6) is 17.2 Å². The average molecular weight is 316 g/mol. The van der Waals surface area contributed by atoms with E-state index in [0.717, 1.165) is 6.07 Å². The molecular weight excluding hydrogens is 300 g/mol. The molecule has 0 spiro atoms. The van der Waals surface area contributed by atoms with Crippen molar-refractivity contribution in [1.82, 2.24) is 0 Å². The fourth-order valence-electron chi connectivity index (χ4n) is 2.12. The Kier molecular flexibility index (Phi) is 4.85. The molecule has 0 amide bonds. The summed E-state index contributed by atoms with van der Waals surface area (Å²) in [6.45, 7) is 1.38. The average Bonchev–Trinajstić information content (AvgIpc) is 2.53. The zero-order chi connectivity index (χ0) is 17.0. The number of carboxylic acid groups (broad SMARTS) is 1. The summed E-state index contributed by atoms with van der Waals surface area (Å²) in [7, 11) is 0. The van der Waals surface area contributed by atoms with Crippen LogP contribution in [-0.2, 0) is 6.42 Å². The lowest BCUT2D eigenvalue weighted by molar-refractivity contribution is 0.0688. The third kappa shape index (κ3) is 3.60. The lowest BCUT2D eigenvalue weighted by Crippen LogP contribution is -2.14. The number of phenols is 2. The molecule has 6 nitrogen and oxygen atoms in total. The van der Waals surface area contributed by atoms with E-state index in [1.54, 1.807) is 19.1 Å². The smallest absolute Gasteiger partial charge is 0.339 e. The number of rotatable bonds is 6. The number of Topliss-reactive ketones (excluding diaryl/α,β-unsaturated/α-hetero) is 1. The standard InChI is InChI=1S/C17H16O6/c1-2-10-7-12(14(19)8-13(10)18)15(20)9-23-16-6-4-3-5-11(16)17(21)22/h3-8,18-19H,2,9H2,1H3,(H,21,22). The van der Waals surface area contributed by atoms with Crippen molar-refractivity contribution in [3.8, 4) is 17.2 Å². The Morgan fingerprint density at radius 3 is 2.39 bits per heavy atom. The summed E-state index contributed by atoms with van der Waals surface area (Å²) in [5.41, 5.74) is 0.494. The lowest BCUT2D eigenvalue weighted by atomic mass is 10.0. The Bertz CT molecular complexity index is 751. The minimum absolute atomic E-state index is 0.0208. The van der Waals surface area contributed by atoms with Crippen LogP contribution in [0.1, 0.15) is 33.2 Å². The maximum Gasteiger partial charge on any atom is 0.339 e. The van der Waals surface area contributed by atoms with Crippen LogP contribution < -0.4 is 4.74 Å². The van der Waals surface area contributed by atoms with E-state index < -0.39 is 18.4 Å². The number of ketones is 1. The number of para-hydroxylation sites is 1. The van der Waals surface area contributed by atoms with E-state index in [1.165, 1.54) is 18.2 Å². The summed E-state index contributed by atoms with van der Waals surface area (Å²) in [6.07, 6.45) is 0.495. The van der Waals surface area contributed by atoms with Gasteiger partial charge in [-0.3, -0.25) is 4.79 Å². The Morgan fingerprint density at radius 2 is 1.74 bits per heavy atom. The van der Waals surface area contributed by atoms with Crippen LogP contribution in [0.2, 0.25) is 0 Å². The number of carbonyl (C=O) groups excluding carboxylic acids is 1. The molecule has 2 aromatic carbocycles. The number of aromatic hydroxyl groups is 2. The molecule has 6 heteroatoms. The number of hydrogen-bond acceptors (Lipinski definition) is 5. The van der Waals surface area contributed by atoms with E-state index in [0.29, 0.717) is 12.0 Å². The maximum atomic E-state index is 12.2. The predicted octanol–water partition coefficient (Wildman–Crippen LogP) is 2.62. The monoisotopic (exact) mass is 316 g/mol. The van der Waals surface area contributed by atoms with Gasteiger partial charge in [-0.1, -0.05) is 19.1 Å². The third-order valence-corrected chi connectivity index (χ3v) is 3.35. The van der Waals surface area contributed by atoms with Crippen molar-refractivity contribution in [2.24, 2.45) is 0 Å². The summed E-state index contributed by atoms with van der Waals surface area (Å²) in [6, 6.07) is 8.48. The largest absolute Gasteiger partial charge is 0.508 e. The molecule has 3 N–H and O–H groups in total. The molecule has 0 radical (unpaired) electrons. The summed E-state index contributed by atoms with van der Waals surface area (Å²) >= 11 is 0. The number of ether oxygens (including phenoxy) is 1. The Labute approximate surface area is 132 Å². The van der Waals surface area contributed by atoms with E-state index >= 15 is 0 Å². The molecule has 0 atom stereocenters. The van der Waals surface area contributed by atoms with Crippen LogP contribution in [-0.4, -0.2) is 33.7 Å². The highest BCUT2D eigenvalue weighted by Gasteiger charge is 2.17. The number of carbonyl (C=O) groups is 2. The molecular formula is C17H16O6. The SMILES string of the molecule is CCc1cc(C(=O)COc2ccccc2C(=O)O)c(O)cc1O. The van der Waals surface area contributed by atoms with Crippen molar-refractivity contribution in [3.63, 3.8) is 0 Å². The molecule has 0 unspecified atom stereocenters. The van der Waals surface area contributed by atoms with Gasteiger partial charge in [-0.05, 0) is 30.2 Å². The van der Waals surface area contributed by atoms with Gasteiger partial charge >= 0.3 is 5.97 Å². The molecule has 0 fully saturated rings. The highest BCUT2D eigenvalue weighted by Crippen LogP contribution is 2.28. The van der Waals surface area contributed by atoms with Gasteiger partial charge in [0.2, 0.25) is 5.78 Å². The van der Waals surface area contributed by atoms with E-state index in [9.17, 15) is 19.8 Å². The van der Waals surface area contributed by atoms with Crippen LogP contribution in [0, 0.1) is 0 Å². The molecule has 0 heterocycles. The van der Waals surface area contributed by atoms with Crippen molar-refractivity contribution >= 4 is 11.8 Å². The van der Waals surface area contributed by atoms with E-state index in [-0.39, 0.29) is 28.4 Å². The quantitative estimate of drug-likeness (QED) is 0.708. The molecule has 0 aliphatic carbocycles. The number of phenolic OH excluding ortho intramolecular Hbond substituents is 2. The van der Waals surface area contributed by atoms with Gasteiger partial charge in [0.25, 0.3) is 0 Å². The molecule has 0 bridgehead atoms. The van der Waals surface area contributed by atoms with Crippen molar-refractivity contribution in [1.29, 1.82) is 0 Å². The van der Waals surface area contributed by atoms with E-state index in [2.05, 4.69) is 0 Å². The van der Waals surface area contributed by atoms with Gasteiger partial charge in [-0.2, -0.15) is 0 Å². The van der Waals surface area contributed by atoms with Gasteiger partial charge in [0.05, 0.1) is 5.56 Å². The van der Waals surface area contributed by atoms with E-state index in [1.807, 2.05) is 0 Å². The number of aryl methyl sites for hydroxylation is 1. The third-order valence-electron chi connectivity index (χ3n) is 3.35. The molecule has 0 saturated heterocycles. The number of aromatic carboxylic acids is 1. The molecule has 0 saturated carbocycles. The van der Waals surface area contributed by atoms with Gasteiger partial charge in [0.15, 0.2) is 6.61 Å². The molecule has 2 rings (SSSR count). The Morgan fingerprint density at radius 1 is 1.04 bits per heavy atom. The molecule has 0 aliphatic rings. The van der Waals surface area contributed by atoms with Crippen molar-refractivity contribution in [2.75, 3.05) is 6.61 Å². The summed E-state index contributed by atoms with van der Waals surface area (Å²) in [5, 5.41) is 28.5.